The third kappa shape index (κ3) is 4.50. The van der Waals surface area contributed by atoms with E-state index in [2.05, 4.69) is 5.32 Å². The zero-order valence-electron chi connectivity index (χ0n) is 12.1. The molecule has 108 valence electrons. The van der Waals surface area contributed by atoms with Gasteiger partial charge in [-0.15, -0.1) is 0 Å². The lowest BCUT2D eigenvalue weighted by Crippen LogP contribution is -2.40. The van der Waals surface area contributed by atoms with Gasteiger partial charge in [0.05, 0.1) is 0 Å². The monoisotopic (exact) mass is 276 g/mol. The van der Waals surface area contributed by atoms with E-state index in [1.54, 1.807) is 24.3 Å². The van der Waals surface area contributed by atoms with Crippen LogP contribution in [-0.4, -0.2) is 30.7 Å². The molecular formula is C15H20N2O3. The lowest BCUT2D eigenvalue weighted by molar-refractivity contribution is -0.123. The summed E-state index contributed by atoms with van der Waals surface area (Å²) >= 11 is 0. The van der Waals surface area contributed by atoms with Crippen molar-refractivity contribution in [1.82, 2.24) is 5.32 Å². The molecule has 1 aromatic rings. The van der Waals surface area contributed by atoms with E-state index in [-0.39, 0.29) is 24.1 Å². The molecule has 5 heteroatoms. The highest BCUT2D eigenvalue weighted by molar-refractivity contribution is 6.00. The minimum Gasteiger partial charge on any atom is -0.355 e. The fourth-order valence-electron chi connectivity index (χ4n) is 1.74. The third-order valence-electron chi connectivity index (χ3n) is 2.82. The molecule has 1 rings (SSSR count). The Morgan fingerprint density at radius 1 is 1.20 bits per heavy atom. The molecule has 0 saturated heterocycles. The molecule has 0 aliphatic rings. The highest BCUT2D eigenvalue weighted by Gasteiger charge is 2.16. The summed E-state index contributed by atoms with van der Waals surface area (Å²) in [5, 5.41) is 2.73. The standard InChI is InChI=1S/C15H20N2O3/c1-4-8-16-15(20)10-17(12(3)19)14-7-5-6-13(9-14)11(2)18/h5-7,9H,4,8,10H2,1-3H3,(H,16,20). The predicted molar refractivity (Wildman–Crippen MR) is 77.8 cm³/mol. The number of nitrogens with one attached hydrogen (secondary N) is 1. The highest BCUT2D eigenvalue weighted by Crippen LogP contribution is 2.16. The van der Waals surface area contributed by atoms with Crippen LogP contribution in [0.1, 0.15) is 37.6 Å². The van der Waals surface area contributed by atoms with Gasteiger partial charge in [0.2, 0.25) is 11.8 Å². The zero-order valence-corrected chi connectivity index (χ0v) is 12.1. The Morgan fingerprint density at radius 2 is 1.90 bits per heavy atom. The molecule has 0 spiro atoms. The number of anilines is 1. The largest absolute Gasteiger partial charge is 0.355 e. The van der Waals surface area contributed by atoms with Crippen molar-refractivity contribution in [2.24, 2.45) is 0 Å². The summed E-state index contributed by atoms with van der Waals surface area (Å²) in [6, 6.07) is 6.71. The van der Waals surface area contributed by atoms with E-state index in [1.165, 1.54) is 18.7 Å². The molecule has 0 heterocycles. The Morgan fingerprint density at radius 3 is 2.45 bits per heavy atom. The molecule has 0 aromatic heterocycles. The van der Waals surface area contributed by atoms with Gasteiger partial charge in [-0.3, -0.25) is 14.4 Å². The zero-order chi connectivity index (χ0) is 15.1. The summed E-state index contributed by atoms with van der Waals surface area (Å²) in [5.74, 6) is -0.529. The first kappa shape index (κ1) is 15.9. The van der Waals surface area contributed by atoms with Gasteiger partial charge < -0.3 is 10.2 Å². The Kier molecular flexibility index (Phi) is 5.90. The fraction of sp³-hybridized carbons (Fsp3) is 0.400. The van der Waals surface area contributed by atoms with E-state index in [0.717, 1.165) is 6.42 Å². The highest BCUT2D eigenvalue weighted by atomic mass is 16.2. The lowest BCUT2D eigenvalue weighted by atomic mass is 10.1. The van der Waals surface area contributed by atoms with Gasteiger partial charge in [-0.05, 0) is 25.5 Å². The second-order valence-corrected chi connectivity index (χ2v) is 4.56. The summed E-state index contributed by atoms with van der Waals surface area (Å²) in [5.41, 5.74) is 1.07. The van der Waals surface area contributed by atoms with Crippen molar-refractivity contribution in [3.05, 3.63) is 29.8 Å². The summed E-state index contributed by atoms with van der Waals surface area (Å²) in [6.45, 7) is 5.35. The SMILES string of the molecule is CCCNC(=O)CN(C(C)=O)c1cccc(C(C)=O)c1. The van der Waals surface area contributed by atoms with E-state index < -0.39 is 0 Å². The fourth-order valence-corrected chi connectivity index (χ4v) is 1.74. The molecule has 1 aromatic carbocycles. The number of carbonyl (C=O) groups excluding carboxylic acids is 3. The number of benzene rings is 1. The van der Waals surface area contributed by atoms with Crippen LogP contribution >= 0.6 is 0 Å². The van der Waals surface area contributed by atoms with Gasteiger partial charge in [0.15, 0.2) is 5.78 Å². The van der Waals surface area contributed by atoms with E-state index in [0.29, 0.717) is 17.8 Å². The molecule has 0 saturated carbocycles. The predicted octanol–water partition coefficient (Wildman–Crippen LogP) is 1.77. The minimum absolute atomic E-state index is 0.0449. The Bertz CT molecular complexity index is 512. The first-order valence-electron chi connectivity index (χ1n) is 6.61. The maximum Gasteiger partial charge on any atom is 0.240 e. The van der Waals surface area contributed by atoms with Gasteiger partial charge in [-0.2, -0.15) is 0 Å². The van der Waals surface area contributed by atoms with Crippen LogP contribution in [0.3, 0.4) is 0 Å². The normalized spacial score (nSPS) is 9.95. The van der Waals surface area contributed by atoms with Crippen LogP contribution < -0.4 is 10.2 Å². The maximum absolute atomic E-state index is 11.7. The molecule has 0 fully saturated rings. The van der Waals surface area contributed by atoms with Gasteiger partial charge in [0.25, 0.3) is 0 Å². The average molecular weight is 276 g/mol. The van der Waals surface area contributed by atoms with Crippen molar-refractivity contribution in [3.8, 4) is 0 Å². The van der Waals surface area contributed by atoms with E-state index in [1.807, 2.05) is 6.92 Å². The van der Waals surface area contributed by atoms with Crippen LogP contribution in [0.2, 0.25) is 0 Å². The topological polar surface area (TPSA) is 66.5 Å². The second-order valence-electron chi connectivity index (χ2n) is 4.56. The Hall–Kier alpha value is -2.17. The molecular weight excluding hydrogens is 256 g/mol. The number of hydrogen-bond donors (Lipinski definition) is 1. The molecule has 0 atom stereocenters. The van der Waals surface area contributed by atoms with Gasteiger partial charge in [-0.25, -0.2) is 0 Å². The van der Waals surface area contributed by atoms with Crippen molar-refractivity contribution in [2.75, 3.05) is 18.0 Å². The summed E-state index contributed by atoms with van der Waals surface area (Å²) in [4.78, 5) is 36.2. The first-order valence-corrected chi connectivity index (χ1v) is 6.61. The number of hydrogen-bond acceptors (Lipinski definition) is 3. The molecule has 0 bridgehead atoms. The van der Waals surface area contributed by atoms with E-state index in [4.69, 9.17) is 0 Å². The number of nitrogens with zero attached hydrogens (tertiary/aromatic N) is 1. The van der Waals surface area contributed by atoms with Crippen molar-refractivity contribution in [3.63, 3.8) is 0 Å². The lowest BCUT2D eigenvalue weighted by Gasteiger charge is -2.21. The van der Waals surface area contributed by atoms with Crippen LogP contribution in [-0.2, 0) is 9.59 Å². The number of ketones is 1. The number of carbonyl (C=O) groups is 3. The number of amides is 2. The summed E-state index contributed by atoms with van der Waals surface area (Å²) in [7, 11) is 0. The molecule has 20 heavy (non-hydrogen) atoms. The van der Waals surface area contributed by atoms with Crippen molar-refractivity contribution >= 4 is 23.3 Å². The molecule has 5 nitrogen and oxygen atoms in total. The summed E-state index contributed by atoms with van der Waals surface area (Å²) in [6.07, 6.45) is 0.839. The van der Waals surface area contributed by atoms with Gasteiger partial charge in [-0.1, -0.05) is 19.1 Å². The maximum atomic E-state index is 11.7. The van der Waals surface area contributed by atoms with Crippen LogP contribution in [0.4, 0.5) is 5.69 Å². The quantitative estimate of drug-likeness (QED) is 0.805. The van der Waals surface area contributed by atoms with Crippen LogP contribution in [0.25, 0.3) is 0 Å². The van der Waals surface area contributed by atoms with Crippen molar-refractivity contribution in [1.29, 1.82) is 0 Å². The Balaban J connectivity index is 2.91. The molecule has 0 radical (unpaired) electrons. The van der Waals surface area contributed by atoms with Crippen LogP contribution in [0.5, 0.6) is 0 Å². The second kappa shape index (κ2) is 7.43. The molecule has 0 unspecified atom stereocenters. The van der Waals surface area contributed by atoms with Crippen LogP contribution in [0, 0.1) is 0 Å². The van der Waals surface area contributed by atoms with Gasteiger partial charge >= 0.3 is 0 Å². The molecule has 2 amide bonds. The number of Topliss-reactive ketones (excluding diaryl/α,β-unsaturated/α-hetero) is 1. The molecule has 0 aliphatic carbocycles. The van der Waals surface area contributed by atoms with E-state index in [9.17, 15) is 14.4 Å². The van der Waals surface area contributed by atoms with Gasteiger partial charge in [0, 0.05) is 24.7 Å². The van der Waals surface area contributed by atoms with Gasteiger partial charge in [0.1, 0.15) is 6.54 Å². The number of rotatable bonds is 6. The van der Waals surface area contributed by atoms with Crippen molar-refractivity contribution in [2.45, 2.75) is 27.2 Å². The molecule has 0 aliphatic heterocycles. The van der Waals surface area contributed by atoms with Crippen LogP contribution in [0.15, 0.2) is 24.3 Å². The third-order valence-corrected chi connectivity index (χ3v) is 2.82. The average Bonchev–Trinajstić information content (AvgIpc) is 2.42. The minimum atomic E-state index is -0.239. The Labute approximate surface area is 119 Å². The first-order chi connectivity index (χ1) is 9.45. The molecule has 1 N–H and O–H groups in total. The summed E-state index contributed by atoms with van der Waals surface area (Å²) < 4.78 is 0. The van der Waals surface area contributed by atoms with E-state index >= 15 is 0 Å². The van der Waals surface area contributed by atoms with Crippen molar-refractivity contribution < 1.29 is 14.4 Å². The smallest absolute Gasteiger partial charge is 0.240 e.